The standard InChI is InChI=1S/C19H38N2/c1-14-7-6-8-17(11-14)21(5)13-15-12-16(19(2,3)4)9-10-18(15)20/h14-18H,6-13,20H2,1-5H3. The molecule has 21 heavy (non-hydrogen) atoms. The Balaban J connectivity index is 1.90. The zero-order chi connectivity index (χ0) is 15.6. The van der Waals surface area contributed by atoms with Crippen LogP contribution in [0.4, 0.5) is 0 Å². The molecule has 2 aliphatic rings. The molecular formula is C19H38N2. The molecule has 0 saturated heterocycles. The molecule has 5 atom stereocenters. The predicted molar refractivity (Wildman–Crippen MR) is 92.3 cm³/mol. The molecule has 2 fully saturated rings. The summed E-state index contributed by atoms with van der Waals surface area (Å²) < 4.78 is 0. The maximum atomic E-state index is 6.46. The molecule has 2 aliphatic carbocycles. The van der Waals surface area contributed by atoms with Crippen molar-refractivity contribution in [1.82, 2.24) is 4.90 Å². The molecule has 2 rings (SSSR count). The van der Waals surface area contributed by atoms with Gasteiger partial charge in [0.25, 0.3) is 0 Å². The summed E-state index contributed by atoms with van der Waals surface area (Å²) >= 11 is 0. The number of hydrogen-bond acceptors (Lipinski definition) is 2. The number of hydrogen-bond donors (Lipinski definition) is 1. The first kappa shape index (κ1) is 17.3. The third kappa shape index (κ3) is 4.69. The van der Waals surface area contributed by atoms with Crippen LogP contribution < -0.4 is 5.73 Å². The second-order valence-electron chi connectivity index (χ2n) is 9.17. The Labute approximate surface area is 132 Å². The molecule has 0 radical (unpaired) electrons. The summed E-state index contributed by atoms with van der Waals surface area (Å²) in [5.41, 5.74) is 6.90. The molecule has 2 saturated carbocycles. The molecule has 0 aromatic heterocycles. The van der Waals surface area contributed by atoms with Crippen molar-refractivity contribution in [3.8, 4) is 0 Å². The highest BCUT2D eigenvalue weighted by atomic mass is 15.1. The lowest BCUT2D eigenvalue weighted by Crippen LogP contribution is -2.47. The molecule has 5 unspecified atom stereocenters. The Morgan fingerprint density at radius 1 is 1.05 bits per heavy atom. The first-order valence-electron chi connectivity index (χ1n) is 9.23. The van der Waals surface area contributed by atoms with Crippen LogP contribution in [0, 0.1) is 23.2 Å². The molecule has 124 valence electrons. The van der Waals surface area contributed by atoms with E-state index < -0.39 is 0 Å². The van der Waals surface area contributed by atoms with Gasteiger partial charge in [0.15, 0.2) is 0 Å². The monoisotopic (exact) mass is 294 g/mol. The van der Waals surface area contributed by atoms with Crippen LogP contribution in [-0.4, -0.2) is 30.6 Å². The fourth-order valence-electron chi connectivity index (χ4n) is 4.61. The van der Waals surface area contributed by atoms with Gasteiger partial charge in [-0.05, 0) is 62.3 Å². The third-order valence-corrected chi connectivity index (χ3v) is 6.32. The Bertz CT molecular complexity index is 320. The number of nitrogens with two attached hydrogens (primary N) is 1. The van der Waals surface area contributed by atoms with E-state index in [1.807, 2.05) is 0 Å². The van der Waals surface area contributed by atoms with Gasteiger partial charge in [-0.2, -0.15) is 0 Å². The lowest BCUT2D eigenvalue weighted by atomic mass is 9.67. The molecule has 0 aromatic rings. The van der Waals surface area contributed by atoms with Gasteiger partial charge in [0, 0.05) is 18.6 Å². The highest BCUT2D eigenvalue weighted by Crippen LogP contribution is 2.40. The zero-order valence-electron chi connectivity index (χ0n) is 15.1. The van der Waals surface area contributed by atoms with Gasteiger partial charge in [0.1, 0.15) is 0 Å². The fourth-order valence-corrected chi connectivity index (χ4v) is 4.61. The van der Waals surface area contributed by atoms with Crippen LogP contribution in [0.1, 0.15) is 72.6 Å². The van der Waals surface area contributed by atoms with E-state index in [0.717, 1.165) is 17.9 Å². The molecule has 0 amide bonds. The van der Waals surface area contributed by atoms with E-state index in [2.05, 4.69) is 39.6 Å². The van der Waals surface area contributed by atoms with Crippen molar-refractivity contribution in [2.45, 2.75) is 84.7 Å². The Morgan fingerprint density at radius 3 is 2.38 bits per heavy atom. The van der Waals surface area contributed by atoms with Gasteiger partial charge in [0.05, 0.1) is 0 Å². The van der Waals surface area contributed by atoms with E-state index >= 15 is 0 Å². The van der Waals surface area contributed by atoms with Gasteiger partial charge in [-0.3, -0.25) is 0 Å². The van der Waals surface area contributed by atoms with Crippen molar-refractivity contribution in [2.24, 2.45) is 28.9 Å². The van der Waals surface area contributed by atoms with E-state index in [4.69, 9.17) is 5.73 Å². The summed E-state index contributed by atoms with van der Waals surface area (Å²) in [4.78, 5) is 2.64. The second kappa shape index (κ2) is 7.00. The van der Waals surface area contributed by atoms with Gasteiger partial charge >= 0.3 is 0 Å². The van der Waals surface area contributed by atoms with Crippen molar-refractivity contribution in [2.75, 3.05) is 13.6 Å². The summed E-state index contributed by atoms with van der Waals surface area (Å²) in [6.07, 6.45) is 9.51. The van der Waals surface area contributed by atoms with E-state index in [-0.39, 0.29) is 0 Å². The average Bonchev–Trinajstić information content (AvgIpc) is 2.40. The topological polar surface area (TPSA) is 29.3 Å². The predicted octanol–water partition coefficient (Wildman–Crippen LogP) is 4.29. The van der Waals surface area contributed by atoms with Crippen LogP contribution in [0.15, 0.2) is 0 Å². The molecule has 0 aliphatic heterocycles. The minimum Gasteiger partial charge on any atom is -0.327 e. The molecule has 2 N–H and O–H groups in total. The molecule has 2 nitrogen and oxygen atoms in total. The van der Waals surface area contributed by atoms with E-state index in [1.165, 1.54) is 51.5 Å². The van der Waals surface area contributed by atoms with Crippen molar-refractivity contribution in [3.63, 3.8) is 0 Å². The molecule has 2 heteroatoms. The first-order chi connectivity index (χ1) is 9.77. The summed E-state index contributed by atoms with van der Waals surface area (Å²) in [5.74, 6) is 2.46. The van der Waals surface area contributed by atoms with Crippen molar-refractivity contribution in [1.29, 1.82) is 0 Å². The van der Waals surface area contributed by atoms with Gasteiger partial charge in [-0.15, -0.1) is 0 Å². The maximum Gasteiger partial charge on any atom is 0.00948 e. The van der Waals surface area contributed by atoms with Gasteiger partial charge in [-0.25, -0.2) is 0 Å². The average molecular weight is 295 g/mol. The highest BCUT2D eigenvalue weighted by Gasteiger charge is 2.35. The molecular weight excluding hydrogens is 256 g/mol. The zero-order valence-corrected chi connectivity index (χ0v) is 15.1. The van der Waals surface area contributed by atoms with E-state index in [9.17, 15) is 0 Å². The Hall–Kier alpha value is -0.0800. The lowest BCUT2D eigenvalue weighted by molar-refractivity contribution is 0.0808. The van der Waals surface area contributed by atoms with Crippen LogP contribution >= 0.6 is 0 Å². The van der Waals surface area contributed by atoms with E-state index in [0.29, 0.717) is 17.4 Å². The van der Waals surface area contributed by atoms with Gasteiger partial charge in [-0.1, -0.05) is 40.5 Å². The van der Waals surface area contributed by atoms with Crippen LogP contribution in [-0.2, 0) is 0 Å². The summed E-state index contributed by atoms with van der Waals surface area (Å²) in [5, 5.41) is 0. The Kier molecular flexibility index (Phi) is 5.76. The van der Waals surface area contributed by atoms with Gasteiger partial charge < -0.3 is 10.6 Å². The summed E-state index contributed by atoms with van der Waals surface area (Å²) in [7, 11) is 2.34. The fraction of sp³-hybridized carbons (Fsp3) is 1.00. The first-order valence-corrected chi connectivity index (χ1v) is 9.23. The molecule has 0 aromatic carbocycles. The van der Waals surface area contributed by atoms with Crippen molar-refractivity contribution < 1.29 is 0 Å². The normalized spacial score (nSPS) is 38.7. The van der Waals surface area contributed by atoms with Crippen LogP contribution in [0.3, 0.4) is 0 Å². The SMILES string of the molecule is CC1CCCC(N(C)CC2CC(C(C)(C)C)CCC2N)C1. The number of nitrogens with zero attached hydrogens (tertiary/aromatic N) is 1. The van der Waals surface area contributed by atoms with Gasteiger partial charge in [0.2, 0.25) is 0 Å². The summed E-state index contributed by atoms with van der Waals surface area (Å²) in [6, 6.07) is 1.23. The number of rotatable bonds is 3. The van der Waals surface area contributed by atoms with Crippen LogP contribution in [0.2, 0.25) is 0 Å². The van der Waals surface area contributed by atoms with Crippen molar-refractivity contribution >= 4 is 0 Å². The van der Waals surface area contributed by atoms with Crippen molar-refractivity contribution in [3.05, 3.63) is 0 Å². The minimum absolute atomic E-state index is 0.423. The minimum atomic E-state index is 0.423. The quantitative estimate of drug-likeness (QED) is 0.841. The second-order valence-corrected chi connectivity index (χ2v) is 9.17. The maximum absolute atomic E-state index is 6.46. The molecule has 0 spiro atoms. The van der Waals surface area contributed by atoms with E-state index in [1.54, 1.807) is 0 Å². The smallest absolute Gasteiger partial charge is 0.00948 e. The Morgan fingerprint density at radius 2 is 1.76 bits per heavy atom. The summed E-state index contributed by atoms with van der Waals surface area (Å²) in [6.45, 7) is 10.8. The largest absolute Gasteiger partial charge is 0.327 e. The van der Waals surface area contributed by atoms with Crippen LogP contribution in [0.25, 0.3) is 0 Å². The highest BCUT2D eigenvalue weighted by molar-refractivity contribution is 4.89. The lowest BCUT2D eigenvalue weighted by Gasteiger charge is -2.43. The third-order valence-electron chi connectivity index (χ3n) is 6.32. The molecule has 0 heterocycles. The molecule has 0 bridgehead atoms. The van der Waals surface area contributed by atoms with Crippen LogP contribution in [0.5, 0.6) is 0 Å².